The largest absolute Gasteiger partial charge is 0.359 e. The molecule has 148 valence electrons. The van der Waals surface area contributed by atoms with Crippen LogP contribution < -0.4 is 4.90 Å². The molecule has 1 N–H and O–H groups in total. The number of anilines is 1. The molecule has 2 aromatic carbocycles. The molecule has 0 bridgehead atoms. The van der Waals surface area contributed by atoms with Gasteiger partial charge in [-0.05, 0) is 55.2 Å². The molecule has 1 aliphatic heterocycles. The van der Waals surface area contributed by atoms with Crippen LogP contribution in [0.2, 0.25) is 10.0 Å². The maximum absolute atomic E-state index is 6.37. The average molecular weight is 427 g/mol. The van der Waals surface area contributed by atoms with Gasteiger partial charge in [0, 0.05) is 16.6 Å². The Balaban J connectivity index is 1.64. The summed E-state index contributed by atoms with van der Waals surface area (Å²) < 4.78 is 0. The van der Waals surface area contributed by atoms with Crippen molar-refractivity contribution in [3.63, 3.8) is 0 Å². The van der Waals surface area contributed by atoms with Crippen LogP contribution in [-0.4, -0.2) is 31.5 Å². The molecule has 1 aliphatic rings. The van der Waals surface area contributed by atoms with Crippen molar-refractivity contribution in [1.82, 2.24) is 25.0 Å². The summed E-state index contributed by atoms with van der Waals surface area (Å²) in [5.41, 5.74) is 4.81. The number of imidazole rings is 1. The second-order valence-corrected chi connectivity index (χ2v) is 8.39. The number of halogens is 2. The highest BCUT2D eigenvalue weighted by molar-refractivity contribution is 6.32. The second-order valence-electron chi connectivity index (χ2n) is 7.55. The Kier molecular flexibility index (Phi) is 4.48. The van der Waals surface area contributed by atoms with Gasteiger partial charge in [0.1, 0.15) is 11.5 Å². The number of hydrogen-bond acceptors (Lipinski definition) is 4. The van der Waals surface area contributed by atoms with E-state index in [1.165, 1.54) is 0 Å². The zero-order valence-corrected chi connectivity index (χ0v) is 17.6. The predicted molar refractivity (Wildman–Crippen MR) is 116 cm³/mol. The molecule has 0 radical (unpaired) electrons. The van der Waals surface area contributed by atoms with Crippen molar-refractivity contribution < 1.29 is 0 Å². The van der Waals surface area contributed by atoms with Gasteiger partial charge in [-0.3, -0.25) is 0 Å². The fraction of sp³-hybridized carbons (Fsp3) is 0.286. The van der Waals surface area contributed by atoms with E-state index in [1.54, 1.807) is 17.2 Å². The predicted octanol–water partition coefficient (Wildman–Crippen LogP) is 5.35. The van der Waals surface area contributed by atoms with Gasteiger partial charge in [0.2, 0.25) is 0 Å². The smallest absolute Gasteiger partial charge is 0.130 e. The SMILES string of the molecule is Cc1c(Cl)ccc2[nH]c([C@@H]3[C@@H](C)CCN3c3cc(Cl)ccc3-n3nccn3)nc12. The summed E-state index contributed by atoms with van der Waals surface area (Å²) >= 11 is 12.7. The Morgan fingerprint density at radius 3 is 2.66 bits per heavy atom. The molecule has 0 unspecified atom stereocenters. The summed E-state index contributed by atoms with van der Waals surface area (Å²) in [6.45, 7) is 5.16. The highest BCUT2D eigenvalue weighted by Crippen LogP contribution is 2.42. The van der Waals surface area contributed by atoms with Crippen molar-refractivity contribution in [1.29, 1.82) is 0 Å². The Morgan fingerprint density at radius 1 is 1.07 bits per heavy atom. The van der Waals surface area contributed by atoms with Gasteiger partial charge in [0.05, 0.1) is 35.2 Å². The Labute approximate surface area is 178 Å². The summed E-state index contributed by atoms with van der Waals surface area (Å²) in [5.74, 6) is 1.36. The lowest BCUT2D eigenvalue weighted by Crippen LogP contribution is -2.27. The molecular formula is C21H20Cl2N6. The van der Waals surface area contributed by atoms with E-state index >= 15 is 0 Å². The van der Waals surface area contributed by atoms with Gasteiger partial charge in [-0.25, -0.2) is 4.98 Å². The first-order chi connectivity index (χ1) is 14.0. The topological polar surface area (TPSA) is 62.6 Å². The van der Waals surface area contributed by atoms with E-state index in [0.717, 1.165) is 51.8 Å². The molecule has 0 aliphatic carbocycles. The molecule has 29 heavy (non-hydrogen) atoms. The summed E-state index contributed by atoms with van der Waals surface area (Å²) in [7, 11) is 0. The van der Waals surface area contributed by atoms with Crippen LogP contribution in [0.1, 0.15) is 30.8 Å². The van der Waals surface area contributed by atoms with Crippen molar-refractivity contribution in [2.75, 3.05) is 11.4 Å². The molecule has 0 spiro atoms. The number of hydrogen-bond donors (Lipinski definition) is 1. The normalized spacial score (nSPS) is 19.4. The van der Waals surface area contributed by atoms with E-state index < -0.39 is 0 Å². The highest BCUT2D eigenvalue weighted by Gasteiger charge is 2.36. The maximum atomic E-state index is 6.37. The summed E-state index contributed by atoms with van der Waals surface area (Å²) in [5, 5.41) is 10.0. The van der Waals surface area contributed by atoms with E-state index in [-0.39, 0.29) is 6.04 Å². The minimum absolute atomic E-state index is 0.0911. The first-order valence-electron chi connectivity index (χ1n) is 9.60. The first-order valence-corrected chi connectivity index (χ1v) is 10.4. The van der Waals surface area contributed by atoms with Crippen LogP contribution in [0, 0.1) is 12.8 Å². The van der Waals surface area contributed by atoms with Crippen molar-refractivity contribution in [2.24, 2.45) is 5.92 Å². The molecule has 2 aromatic heterocycles. The molecule has 0 amide bonds. The monoisotopic (exact) mass is 426 g/mol. The van der Waals surface area contributed by atoms with Crippen LogP contribution in [0.5, 0.6) is 0 Å². The van der Waals surface area contributed by atoms with Crippen LogP contribution in [0.3, 0.4) is 0 Å². The first kappa shape index (κ1) is 18.5. The van der Waals surface area contributed by atoms with Gasteiger partial charge in [-0.1, -0.05) is 30.1 Å². The number of benzene rings is 2. The second kappa shape index (κ2) is 7.04. The van der Waals surface area contributed by atoms with Gasteiger partial charge in [0.15, 0.2) is 0 Å². The number of nitrogens with one attached hydrogen (secondary N) is 1. The number of nitrogens with zero attached hydrogens (tertiary/aromatic N) is 5. The van der Waals surface area contributed by atoms with Crippen molar-refractivity contribution in [2.45, 2.75) is 26.3 Å². The van der Waals surface area contributed by atoms with Crippen molar-refractivity contribution in [3.8, 4) is 5.69 Å². The average Bonchev–Trinajstić information content (AvgIpc) is 3.44. The van der Waals surface area contributed by atoms with Gasteiger partial charge in [-0.15, -0.1) is 4.80 Å². The molecular weight excluding hydrogens is 407 g/mol. The number of rotatable bonds is 3. The number of aromatic amines is 1. The maximum Gasteiger partial charge on any atom is 0.130 e. The van der Waals surface area contributed by atoms with Gasteiger partial charge in [-0.2, -0.15) is 10.2 Å². The molecule has 0 saturated carbocycles. The van der Waals surface area contributed by atoms with E-state index in [0.29, 0.717) is 10.9 Å². The van der Waals surface area contributed by atoms with Crippen LogP contribution in [0.15, 0.2) is 42.7 Å². The Bertz CT molecular complexity index is 1180. The number of fused-ring (bicyclic) bond motifs is 1. The number of aryl methyl sites for hydroxylation is 1. The summed E-state index contributed by atoms with van der Waals surface area (Å²) in [4.78, 5) is 12.4. The van der Waals surface area contributed by atoms with Gasteiger partial charge < -0.3 is 9.88 Å². The number of aromatic nitrogens is 5. The van der Waals surface area contributed by atoms with Crippen LogP contribution in [0.25, 0.3) is 16.7 Å². The minimum Gasteiger partial charge on any atom is -0.359 e. The van der Waals surface area contributed by atoms with Crippen molar-refractivity contribution in [3.05, 3.63) is 64.2 Å². The quantitative estimate of drug-likeness (QED) is 0.479. The van der Waals surface area contributed by atoms with Gasteiger partial charge in [0.25, 0.3) is 0 Å². The van der Waals surface area contributed by atoms with E-state index in [9.17, 15) is 0 Å². The van der Waals surface area contributed by atoms with Crippen LogP contribution >= 0.6 is 23.2 Å². The van der Waals surface area contributed by atoms with E-state index in [1.807, 2.05) is 37.3 Å². The van der Waals surface area contributed by atoms with Crippen LogP contribution in [-0.2, 0) is 0 Å². The standard InChI is InChI=1S/C21H20Cl2N6/c1-12-7-10-28(18-11-14(22)3-6-17(18)29-24-8-9-25-29)20(12)21-26-16-5-4-15(23)13(2)19(16)27-21/h3-6,8-9,11-12,20H,7,10H2,1-2H3,(H,26,27)/t12-,20-/m0/s1. The molecule has 4 aromatic rings. The molecule has 3 heterocycles. The van der Waals surface area contributed by atoms with E-state index in [4.69, 9.17) is 28.2 Å². The zero-order chi connectivity index (χ0) is 20.1. The molecule has 8 heteroatoms. The van der Waals surface area contributed by atoms with Gasteiger partial charge >= 0.3 is 0 Å². The lowest BCUT2D eigenvalue weighted by atomic mass is 10.0. The zero-order valence-electron chi connectivity index (χ0n) is 16.1. The van der Waals surface area contributed by atoms with E-state index in [2.05, 4.69) is 27.0 Å². The highest BCUT2D eigenvalue weighted by atomic mass is 35.5. The fourth-order valence-electron chi connectivity index (χ4n) is 4.22. The molecule has 6 nitrogen and oxygen atoms in total. The van der Waals surface area contributed by atoms with Crippen LogP contribution in [0.4, 0.5) is 5.69 Å². The lowest BCUT2D eigenvalue weighted by Gasteiger charge is -2.29. The van der Waals surface area contributed by atoms with Crippen molar-refractivity contribution >= 4 is 39.9 Å². The summed E-state index contributed by atoms with van der Waals surface area (Å²) in [6, 6.07) is 9.80. The summed E-state index contributed by atoms with van der Waals surface area (Å²) in [6.07, 6.45) is 4.41. The lowest BCUT2D eigenvalue weighted by molar-refractivity contribution is 0.513. The Morgan fingerprint density at radius 2 is 1.86 bits per heavy atom. The molecule has 1 fully saturated rings. The molecule has 5 rings (SSSR count). The minimum atomic E-state index is 0.0911. The third-order valence-corrected chi connectivity index (χ3v) is 6.37. The molecule has 2 atom stereocenters. The molecule has 1 saturated heterocycles. The third-order valence-electron chi connectivity index (χ3n) is 5.72. The third kappa shape index (κ3) is 3.07. The Hall–Kier alpha value is -2.57. The fourth-order valence-corrected chi connectivity index (χ4v) is 4.54. The number of H-pyrrole nitrogens is 1.